The van der Waals surface area contributed by atoms with Gasteiger partial charge in [-0.1, -0.05) is 29.3 Å². The zero-order valence-electron chi connectivity index (χ0n) is 12.8. The lowest BCUT2D eigenvalue weighted by Gasteiger charge is -2.11. The summed E-state index contributed by atoms with van der Waals surface area (Å²) >= 11 is 11.8. The first-order valence-electron chi connectivity index (χ1n) is 7.09. The zero-order chi connectivity index (χ0) is 17.5. The van der Waals surface area contributed by atoms with E-state index in [2.05, 4.69) is 5.32 Å². The van der Waals surface area contributed by atoms with Crippen LogP contribution in [0.2, 0.25) is 10.0 Å². The average Bonchev–Trinajstić information content (AvgIpc) is 3.05. The van der Waals surface area contributed by atoms with Gasteiger partial charge in [0.05, 0.1) is 12.8 Å². The summed E-state index contributed by atoms with van der Waals surface area (Å²) in [6.07, 6.45) is 3.27. The maximum absolute atomic E-state index is 11.8. The standard InChI is InChI=1S/C17H15Cl2NO4/c1-11(17(22)20-10-14-3-2-8-23-14)24-16(21)7-5-12-4-6-13(18)9-15(12)19/h2-9,11H,10H2,1H3,(H,20,22)/b7-5+/t11-/m1/s1. The fourth-order valence-electron chi connectivity index (χ4n) is 1.79. The van der Waals surface area contributed by atoms with E-state index in [9.17, 15) is 9.59 Å². The number of carbonyl (C=O) groups is 2. The Kier molecular flexibility index (Phi) is 6.46. The van der Waals surface area contributed by atoms with Crippen molar-refractivity contribution in [2.75, 3.05) is 0 Å². The summed E-state index contributed by atoms with van der Waals surface area (Å²) in [7, 11) is 0. The highest BCUT2D eigenvalue weighted by Crippen LogP contribution is 2.22. The van der Waals surface area contributed by atoms with E-state index in [-0.39, 0.29) is 6.54 Å². The number of amides is 1. The maximum atomic E-state index is 11.8. The van der Waals surface area contributed by atoms with Crippen LogP contribution in [0.25, 0.3) is 6.08 Å². The maximum Gasteiger partial charge on any atom is 0.331 e. The van der Waals surface area contributed by atoms with Crippen molar-refractivity contribution in [3.8, 4) is 0 Å². The minimum absolute atomic E-state index is 0.226. The van der Waals surface area contributed by atoms with E-state index in [1.807, 2.05) is 0 Å². The third-order valence-corrected chi connectivity index (χ3v) is 3.60. The monoisotopic (exact) mass is 367 g/mol. The van der Waals surface area contributed by atoms with Gasteiger partial charge in [-0.25, -0.2) is 4.79 Å². The van der Waals surface area contributed by atoms with Crippen molar-refractivity contribution >= 4 is 41.2 Å². The number of nitrogens with one attached hydrogen (secondary N) is 1. The van der Waals surface area contributed by atoms with Gasteiger partial charge in [-0.05, 0) is 42.8 Å². The third-order valence-electron chi connectivity index (χ3n) is 3.04. The van der Waals surface area contributed by atoms with Crippen LogP contribution in [0.4, 0.5) is 0 Å². The average molecular weight is 368 g/mol. The largest absolute Gasteiger partial charge is 0.467 e. The number of rotatable bonds is 6. The third kappa shape index (κ3) is 5.44. The molecule has 1 aromatic heterocycles. The summed E-state index contributed by atoms with van der Waals surface area (Å²) < 4.78 is 10.1. The fourth-order valence-corrected chi connectivity index (χ4v) is 2.26. The first-order chi connectivity index (χ1) is 11.5. The molecule has 0 aliphatic carbocycles. The molecule has 1 atom stereocenters. The molecule has 2 aromatic rings. The van der Waals surface area contributed by atoms with Crippen molar-refractivity contribution in [1.29, 1.82) is 0 Å². The molecule has 0 spiro atoms. The number of hydrogen-bond acceptors (Lipinski definition) is 4. The van der Waals surface area contributed by atoms with Crippen LogP contribution in [-0.2, 0) is 20.9 Å². The molecule has 0 fully saturated rings. The highest BCUT2D eigenvalue weighted by molar-refractivity contribution is 6.35. The minimum Gasteiger partial charge on any atom is -0.467 e. The molecule has 1 amide bonds. The Balaban J connectivity index is 1.84. The molecule has 0 saturated carbocycles. The molecule has 7 heteroatoms. The Morgan fingerprint density at radius 1 is 1.33 bits per heavy atom. The smallest absolute Gasteiger partial charge is 0.331 e. The molecule has 1 aromatic carbocycles. The number of esters is 1. The van der Waals surface area contributed by atoms with Gasteiger partial charge in [-0.3, -0.25) is 4.79 Å². The number of furan rings is 1. The molecule has 0 saturated heterocycles. The number of ether oxygens (including phenoxy) is 1. The second-order valence-corrected chi connectivity index (χ2v) is 5.72. The number of benzene rings is 1. The van der Waals surface area contributed by atoms with Gasteiger partial charge in [-0.15, -0.1) is 0 Å². The van der Waals surface area contributed by atoms with Crippen LogP contribution in [0.1, 0.15) is 18.2 Å². The van der Waals surface area contributed by atoms with Crippen molar-refractivity contribution in [2.24, 2.45) is 0 Å². The zero-order valence-corrected chi connectivity index (χ0v) is 14.3. The Bertz CT molecular complexity index is 741. The number of hydrogen-bond donors (Lipinski definition) is 1. The van der Waals surface area contributed by atoms with Gasteiger partial charge >= 0.3 is 5.97 Å². The van der Waals surface area contributed by atoms with Gasteiger partial charge < -0.3 is 14.5 Å². The SMILES string of the molecule is C[C@@H](OC(=O)/C=C/c1ccc(Cl)cc1Cl)C(=O)NCc1ccco1. The van der Waals surface area contributed by atoms with Gasteiger partial charge in [0.15, 0.2) is 6.10 Å². The highest BCUT2D eigenvalue weighted by Gasteiger charge is 2.16. The molecule has 0 radical (unpaired) electrons. The Morgan fingerprint density at radius 3 is 2.79 bits per heavy atom. The lowest BCUT2D eigenvalue weighted by molar-refractivity contribution is -0.150. The summed E-state index contributed by atoms with van der Waals surface area (Å²) in [4.78, 5) is 23.6. The summed E-state index contributed by atoms with van der Waals surface area (Å²) in [6, 6.07) is 8.35. The second-order valence-electron chi connectivity index (χ2n) is 4.88. The summed E-state index contributed by atoms with van der Waals surface area (Å²) in [5.74, 6) is -0.460. The van der Waals surface area contributed by atoms with E-state index >= 15 is 0 Å². The summed E-state index contributed by atoms with van der Waals surface area (Å²) in [6.45, 7) is 1.71. The van der Waals surface area contributed by atoms with Crippen LogP contribution in [0.5, 0.6) is 0 Å². The van der Waals surface area contributed by atoms with Crippen molar-refractivity contribution in [2.45, 2.75) is 19.6 Å². The molecule has 24 heavy (non-hydrogen) atoms. The normalized spacial score (nSPS) is 12.1. The molecule has 0 aliphatic heterocycles. The van der Waals surface area contributed by atoms with E-state index in [0.29, 0.717) is 21.4 Å². The molecule has 0 bridgehead atoms. The quantitative estimate of drug-likeness (QED) is 0.621. The van der Waals surface area contributed by atoms with Gasteiger partial charge in [0.2, 0.25) is 0 Å². The van der Waals surface area contributed by atoms with Crippen molar-refractivity contribution < 1.29 is 18.7 Å². The molecule has 0 aliphatic rings. The van der Waals surface area contributed by atoms with E-state index in [1.54, 1.807) is 30.3 Å². The lowest BCUT2D eigenvalue weighted by atomic mass is 10.2. The van der Waals surface area contributed by atoms with E-state index in [0.717, 1.165) is 0 Å². The van der Waals surface area contributed by atoms with Crippen LogP contribution in [0.15, 0.2) is 47.1 Å². The van der Waals surface area contributed by atoms with Gasteiger partial charge in [-0.2, -0.15) is 0 Å². The van der Waals surface area contributed by atoms with Crippen LogP contribution < -0.4 is 5.32 Å². The van der Waals surface area contributed by atoms with Crippen LogP contribution in [0, 0.1) is 0 Å². The lowest BCUT2D eigenvalue weighted by Crippen LogP contribution is -2.35. The molecular weight excluding hydrogens is 353 g/mol. The number of carbonyl (C=O) groups excluding carboxylic acids is 2. The van der Waals surface area contributed by atoms with E-state index in [4.69, 9.17) is 32.4 Å². The van der Waals surface area contributed by atoms with E-state index in [1.165, 1.54) is 25.3 Å². The summed E-state index contributed by atoms with van der Waals surface area (Å²) in [5, 5.41) is 3.52. The first-order valence-corrected chi connectivity index (χ1v) is 7.85. The van der Waals surface area contributed by atoms with Crippen molar-refractivity contribution in [3.05, 3.63) is 64.0 Å². The molecule has 1 N–H and O–H groups in total. The molecule has 5 nitrogen and oxygen atoms in total. The molecule has 1 heterocycles. The molecular formula is C17H15Cl2NO4. The first kappa shape index (κ1) is 18.1. The molecule has 126 valence electrons. The topological polar surface area (TPSA) is 68.5 Å². The van der Waals surface area contributed by atoms with Crippen LogP contribution in [0.3, 0.4) is 0 Å². The van der Waals surface area contributed by atoms with Crippen LogP contribution in [-0.4, -0.2) is 18.0 Å². The Morgan fingerprint density at radius 2 is 2.12 bits per heavy atom. The van der Waals surface area contributed by atoms with Gasteiger partial charge in [0.25, 0.3) is 5.91 Å². The minimum atomic E-state index is -0.933. The summed E-state index contributed by atoms with van der Waals surface area (Å²) in [5.41, 5.74) is 0.618. The molecule has 0 unspecified atom stereocenters. The van der Waals surface area contributed by atoms with Crippen molar-refractivity contribution in [1.82, 2.24) is 5.32 Å². The van der Waals surface area contributed by atoms with Crippen LogP contribution >= 0.6 is 23.2 Å². The predicted octanol–water partition coefficient (Wildman–Crippen LogP) is 3.85. The predicted molar refractivity (Wildman–Crippen MR) is 91.6 cm³/mol. The fraction of sp³-hybridized carbons (Fsp3) is 0.176. The molecule has 2 rings (SSSR count). The Hall–Kier alpha value is -2.24. The second kappa shape index (κ2) is 8.57. The number of halogens is 2. The van der Waals surface area contributed by atoms with Gasteiger partial charge in [0, 0.05) is 16.1 Å². The van der Waals surface area contributed by atoms with Crippen molar-refractivity contribution in [3.63, 3.8) is 0 Å². The highest BCUT2D eigenvalue weighted by atomic mass is 35.5. The Labute approximate surface area is 149 Å². The van der Waals surface area contributed by atoms with E-state index < -0.39 is 18.0 Å². The van der Waals surface area contributed by atoms with Gasteiger partial charge in [0.1, 0.15) is 5.76 Å².